The van der Waals surface area contributed by atoms with Crippen LogP contribution in [0.1, 0.15) is 34.0 Å². The first-order chi connectivity index (χ1) is 4.43. The van der Waals surface area contributed by atoms with Gasteiger partial charge in [0.15, 0.2) is 0 Å². The highest BCUT2D eigenvalue weighted by atomic mass is 14.9. The molecule has 1 aliphatic heterocycles. The Morgan fingerprint density at radius 3 is 2.67 bits per heavy atom. The first kappa shape index (κ1) is 7.07. The van der Waals surface area contributed by atoms with Gasteiger partial charge in [-0.05, 0) is 31.8 Å². The van der Waals surface area contributed by atoms with Crippen molar-refractivity contribution in [1.29, 1.82) is 0 Å². The third-order valence-electron chi connectivity index (χ3n) is 2.16. The van der Waals surface area contributed by atoms with E-state index in [1.165, 1.54) is 38.8 Å². The molecule has 9 heavy (non-hydrogen) atoms. The van der Waals surface area contributed by atoms with Crippen molar-refractivity contribution < 1.29 is 1.43 Å². The second-order valence-electron chi connectivity index (χ2n) is 2.98. The average molecular weight is 129 g/mol. The van der Waals surface area contributed by atoms with Crippen molar-refractivity contribution in [2.75, 3.05) is 13.1 Å². The van der Waals surface area contributed by atoms with E-state index in [9.17, 15) is 0 Å². The molecule has 1 nitrogen and oxygen atoms in total. The maximum atomic E-state index is 3.37. The van der Waals surface area contributed by atoms with Crippen LogP contribution in [0.15, 0.2) is 0 Å². The number of piperidine rings is 1. The van der Waals surface area contributed by atoms with E-state index in [0.717, 1.165) is 5.92 Å². The summed E-state index contributed by atoms with van der Waals surface area (Å²) in [5, 5.41) is 3.37. The molecule has 0 aromatic rings. The zero-order valence-corrected chi connectivity index (χ0v) is 6.32. The van der Waals surface area contributed by atoms with Crippen LogP contribution in [-0.4, -0.2) is 13.1 Å². The summed E-state index contributed by atoms with van der Waals surface area (Å²) < 4.78 is 0. The standard InChI is InChI=1S/C8H17N.H2/c1-2-3-8-4-6-9-7-5-8;/h8-9H,2-7H2,1H3;1H. The number of hydrogen-bond acceptors (Lipinski definition) is 1. The zero-order valence-electron chi connectivity index (χ0n) is 6.32. The molecule has 56 valence electrons. The van der Waals surface area contributed by atoms with E-state index in [-0.39, 0.29) is 1.43 Å². The Hall–Kier alpha value is -0.0400. The molecular weight excluding hydrogens is 110 g/mol. The molecule has 0 aromatic heterocycles. The highest BCUT2D eigenvalue weighted by Gasteiger charge is 2.10. The predicted molar refractivity (Wildman–Crippen MR) is 42.6 cm³/mol. The average Bonchev–Trinajstić information content (AvgIpc) is 1.91. The number of nitrogens with one attached hydrogen (secondary N) is 1. The number of hydrogen-bond donors (Lipinski definition) is 1. The van der Waals surface area contributed by atoms with Gasteiger partial charge in [0.25, 0.3) is 0 Å². The Morgan fingerprint density at radius 1 is 1.44 bits per heavy atom. The van der Waals surface area contributed by atoms with E-state index in [2.05, 4.69) is 12.2 Å². The fourth-order valence-electron chi connectivity index (χ4n) is 1.58. The minimum absolute atomic E-state index is 0. The first-order valence-electron chi connectivity index (χ1n) is 4.14. The molecule has 0 saturated carbocycles. The largest absolute Gasteiger partial charge is 0.317 e. The van der Waals surface area contributed by atoms with Crippen molar-refractivity contribution >= 4 is 0 Å². The van der Waals surface area contributed by atoms with Crippen LogP contribution in [0.5, 0.6) is 0 Å². The molecule has 1 N–H and O–H groups in total. The molecule has 1 heteroatoms. The molecule has 0 amide bonds. The summed E-state index contributed by atoms with van der Waals surface area (Å²) in [5.41, 5.74) is 0. The summed E-state index contributed by atoms with van der Waals surface area (Å²) in [5.74, 6) is 1.04. The van der Waals surface area contributed by atoms with Gasteiger partial charge < -0.3 is 5.32 Å². The Kier molecular flexibility index (Phi) is 3.05. The Labute approximate surface area is 59.3 Å². The second-order valence-corrected chi connectivity index (χ2v) is 2.98. The van der Waals surface area contributed by atoms with Crippen molar-refractivity contribution in [3.63, 3.8) is 0 Å². The Morgan fingerprint density at radius 2 is 2.11 bits per heavy atom. The molecule has 1 heterocycles. The fourth-order valence-corrected chi connectivity index (χ4v) is 1.58. The summed E-state index contributed by atoms with van der Waals surface area (Å²) in [6.45, 7) is 4.79. The van der Waals surface area contributed by atoms with Crippen LogP contribution in [0.25, 0.3) is 0 Å². The smallest absolute Gasteiger partial charge is 0 e. The topological polar surface area (TPSA) is 12.0 Å². The highest BCUT2D eigenvalue weighted by molar-refractivity contribution is 4.67. The molecule has 0 unspecified atom stereocenters. The van der Waals surface area contributed by atoms with Crippen LogP contribution in [0.4, 0.5) is 0 Å². The van der Waals surface area contributed by atoms with Gasteiger partial charge in [0, 0.05) is 1.43 Å². The SMILES string of the molecule is CCCC1CCNCC1.[HH]. The van der Waals surface area contributed by atoms with Crippen LogP contribution in [0.2, 0.25) is 0 Å². The zero-order chi connectivity index (χ0) is 6.53. The monoisotopic (exact) mass is 129 g/mol. The van der Waals surface area contributed by atoms with Gasteiger partial charge in [-0.1, -0.05) is 19.8 Å². The summed E-state index contributed by atoms with van der Waals surface area (Å²) >= 11 is 0. The molecule has 1 saturated heterocycles. The molecule has 0 atom stereocenters. The summed E-state index contributed by atoms with van der Waals surface area (Å²) in [6.07, 6.45) is 5.63. The van der Waals surface area contributed by atoms with E-state index in [0.29, 0.717) is 0 Å². The molecule has 0 bridgehead atoms. The second kappa shape index (κ2) is 3.89. The van der Waals surface area contributed by atoms with Crippen LogP contribution >= 0.6 is 0 Å². The Bertz CT molecular complexity index is 66.9. The van der Waals surface area contributed by atoms with Crippen LogP contribution < -0.4 is 5.32 Å². The summed E-state index contributed by atoms with van der Waals surface area (Å²) in [7, 11) is 0. The molecule has 1 rings (SSSR count). The molecule has 0 radical (unpaired) electrons. The minimum atomic E-state index is 0. The van der Waals surface area contributed by atoms with Crippen LogP contribution in [0, 0.1) is 5.92 Å². The van der Waals surface area contributed by atoms with Gasteiger partial charge >= 0.3 is 0 Å². The molecule has 1 fully saturated rings. The van der Waals surface area contributed by atoms with Crippen LogP contribution in [0.3, 0.4) is 0 Å². The van der Waals surface area contributed by atoms with Crippen molar-refractivity contribution in [3.05, 3.63) is 0 Å². The lowest BCUT2D eigenvalue weighted by Crippen LogP contribution is -2.27. The lowest BCUT2D eigenvalue weighted by Gasteiger charge is -2.21. The van der Waals surface area contributed by atoms with E-state index < -0.39 is 0 Å². The van der Waals surface area contributed by atoms with E-state index in [1.54, 1.807) is 0 Å². The van der Waals surface area contributed by atoms with Gasteiger partial charge in [0.1, 0.15) is 0 Å². The maximum Gasteiger partial charge on any atom is 0 e. The maximum absolute atomic E-state index is 3.37. The van der Waals surface area contributed by atoms with Gasteiger partial charge in [-0.3, -0.25) is 0 Å². The van der Waals surface area contributed by atoms with Gasteiger partial charge in [-0.25, -0.2) is 0 Å². The van der Waals surface area contributed by atoms with Crippen LogP contribution in [-0.2, 0) is 0 Å². The van der Waals surface area contributed by atoms with Crippen molar-refractivity contribution in [2.24, 2.45) is 5.92 Å². The summed E-state index contributed by atoms with van der Waals surface area (Å²) in [4.78, 5) is 0. The minimum Gasteiger partial charge on any atom is -0.317 e. The predicted octanol–water partition coefficient (Wildman–Crippen LogP) is 2.03. The van der Waals surface area contributed by atoms with E-state index in [1.807, 2.05) is 0 Å². The molecular formula is C8H19N. The van der Waals surface area contributed by atoms with Gasteiger partial charge in [0.05, 0.1) is 0 Å². The normalized spacial score (nSPS) is 22.3. The van der Waals surface area contributed by atoms with E-state index >= 15 is 0 Å². The molecule has 0 aromatic carbocycles. The Balaban J connectivity index is 0.000000810. The van der Waals surface area contributed by atoms with Gasteiger partial charge in [-0.15, -0.1) is 0 Å². The van der Waals surface area contributed by atoms with Gasteiger partial charge in [0.2, 0.25) is 0 Å². The lowest BCUT2D eigenvalue weighted by molar-refractivity contribution is 0.351. The first-order valence-corrected chi connectivity index (χ1v) is 4.14. The summed E-state index contributed by atoms with van der Waals surface area (Å²) in [6, 6.07) is 0. The van der Waals surface area contributed by atoms with E-state index in [4.69, 9.17) is 0 Å². The molecule has 0 aliphatic carbocycles. The molecule has 1 aliphatic rings. The fraction of sp³-hybridized carbons (Fsp3) is 1.00. The lowest BCUT2D eigenvalue weighted by atomic mass is 9.94. The van der Waals surface area contributed by atoms with Gasteiger partial charge in [-0.2, -0.15) is 0 Å². The highest BCUT2D eigenvalue weighted by Crippen LogP contribution is 2.16. The molecule has 0 spiro atoms. The quantitative estimate of drug-likeness (QED) is 0.601. The van der Waals surface area contributed by atoms with Crippen molar-refractivity contribution in [1.82, 2.24) is 5.32 Å². The van der Waals surface area contributed by atoms with Crippen molar-refractivity contribution in [2.45, 2.75) is 32.6 Å². The third kappa shape index (κ3) is 2.35. The van der Waals surface area contributed by atoms with Crippen molar-refractivity contribution in [3.8, 4) is 0 Å². The third-order valence-corrected chi connectivity index (χ3v) is 2.16. The number of rotatable bonds is 2.